The topological polar surface area (TPSA) is 42.3 Å². The van der Waals surface area contributed by atoms with Crippen LogP contribution in [-0.2, 0) is 12.8 Å². The number of fused-ring (bicyclic) bond motifs is 1. The van der Waals surface area contributed by atoms with E-state index in [4.69, 9.17) is 0 Å². The van der Waals surface area contributed by atoms with Gasteiger partial charge in [-0.05, 0) is 49.9 Å². The van der Waals surface area contributed by atoms with Crippen molar-refractivity contribution in [3.05, 3.63) is 75.6 Å². The number of pyridine rings is 1. The molecule has 0 aliphatic carbocycles. The molecule has 2 aromatic carbocycles. The van der Waals surface area contributed by atoms with E-state index in [-0.39, 0.29) is 29.0 Å². The predicted molar refractivity (Wildman–Crippen MR) is 103 cm³/mol. The van der Waals surface area contributed by atoms with Crippen LogP contribution in [0.1, 0.15) is 41.4 Å². The Labute approximate surface area is 151 Å². The van der Waals surface area contributed by atoms with Crippen LogP contribution < -0.4 is 10.3 Å². The molecule has 0 saturated heterocycles. The molecule has 0 unspecified atom stereocenters. The maximum absolute atomic E-state index is 13.4. The summed E-state index contributed by atoms with van der Waals surface area (Å²) in [6, 6.07) is 14.1. The number of rotatable bonds is 1. The summed E-state index contributed by atoms with van der Waals surface area (Å²) in [6.45, 7) is 4.17. The molecule has 5 rings (SSSR count). The minimum Gasteiger partial charge on any atom is -0.343 e. The van der Waals surface area contributed by atoms with Gasteiger partial charge in [-0.25, -0.2) is 0 Å². The van der Waals surface area contributed by atoms with Crippen molar-refractivity contribution in [2.45, 2.75) is 38.8 Å². The quantitative estimate of drug-likeness (QED) is 0.675. The molecule has 0 fully saturated rings. The van der Waals surface area contributed by atoms with Crippen LogP contribution in [0.2, 0.25) is 0 Å². The van der Waals surface area contributed by atoms with Crippen LogP contribution in [0.15, 0.2) is 53.5 Å². The SMILES string of the molecule is C[C@@H]1Cc2ccccc2N1C(=O)c1cn2c3c(cccc3c1=O)C[C@@H]2C. The summed E-state index contributed by atoms with van der Waals surface area (Å²) >= 11 is 0. The molecule has 1 amide bonds. The average Bonchev–Trinajstić information content (AvgIpc) is 3.14. The van der Waals surface area contributed by atoms with E-state index in [9.17, 15) is 9.59 Å². The molecule has 0 saturated carbocycles. The minimum absolute atomic E-state index is 0.0531. The number of para-hydroxylation sites is 2. The Morgan fingerprint density at radius 2 is 1.69 bits per heavy atom. The molecular formula is C22H20N2O2. The largest absolute Gasteiger partial charge is 0.343 e. The summed E-state index contributed by atoms with van der Waals surface area (Å²) in [5, 5.41) is 0.651. The Morgan fingerprint density at radius 3 is 2.54 bits per heavy atom. The third kappa shape index (κ3) is 1.96. The van der Waals surface area contributed by atoms with E-state index in [1.165, 1.54) is 5.56 Å². The van der Waals surface area contributed by atoms with Crippen LogP contribution >= 0.6 is 0 Å². The second-order valence-electron chi connectivity index (χ2n) is 7.50. The van der Waals surface area contributed by atoms with Crippen molar-refractivity contribution in [2.24, 2.45) is 0 Å². The second kappa shape index (κ2) is 5.31. The highest BCUT2D eigenvalue weighted by atomic mass is 16.2. The van der Waals surface area contributed by atoms with Crippen molar-refractivity contribution < 1.29 is 4.79 Å². The molecule has 2 atom stereocenters. The van der Waals surface area contributed by atoms with E-state index in [2.05, 4.69) is 23.6 Å². The molecule has 3 aromatic rings. The molecular weight excluding hydrogens is 324 g/mol. The van der Waals surface area contributed by atoms with Gasteiger partial charge in [-0.3, -0.25) is 9.59 Å². The molecule has 1 aromatic heterocycles. The lowest BCUT2D eigenvalue weighted by Crippen LogP contribution is -2.38. The van der Waals surface area contributed by atoms with Crippen LogP contribution in [0.5, 0.6) is 0 Å². The summed E-state index contributed by atoms with van der Waals surface area (Å²) in [7, 11) is 0. The molecule has 4 heteroatoms. The average molecular weight is 344 g/mol. The van der Waals surface area contributed by atoms with E-state index in [1.807, 2.05) is 37.3 Å². The van der Waals surface area contributed by atoms with Gasteiger partial charge in [0.1, 0.15) is 5.56 Å². The van der Waals surface area contributed by atoms with Gasteiger partial charge in [-0.2, -0.15) is 0 Å². The highest BCUT2D eigenvalue weighted by molar-refractivity contribution is 6.09. The lowest BCUT2D eigenvalue weighted by Gasteiger charge is -2.23. The van der Waals surface area contributed by atoms with Crippen LogP contribution in [-0.4, -0.2) is 16.5 Å². The zero-order chi connectivity index (χ0) is 18.0. The first-order chi connectivity index (χ1) is 12.6. The van der Waals surface area contributed by atoms with E-state index in [0.717, 1.165) is 29.6 Å². The van der Waals surface area contributed by atoms with Crippen LogP contribution in [0.25, 0.3) is 10.9 Å². The number of carbonyl (C=O) groups is 1. The number of aromatic nitrogens is 1. The lowest BCUT2D eigenvalue weighted by molar-refractivity contribution is 0.0980. The first-order valence-corrected chi connectivity index (χ1v) is 9.14. The van der Waals surface area contributed by atoms with Crippen molar-refractivity contribution in [1.82, 2.24) is 4.57 Å². The number of nitrogens with zero attached hydrogens (tertiary/aromatic N) is 2. The summed E-state index contributed by atoms with van der Waals surface area (Å²) in [5.41, 5.74) is 4.37. The van der Waals surface area contributed by atoms with Gasteiger partial charge >= 0.3 is 0 Å². The molecule has 0 spiro atoms. The maximum Gasteiger partial charge on any atom is 0.264 e. The summed E-state index contributed by atoms with van der Waals surface area (Å²) < 4.78 is 2.10. The fourth-order valence-corrected chi connectivity index (χ4v) is 4.57. The Bertz CT molecular complexity index is 1130. The van der Waals surface area contributed by atoms with Gasteiger partial charge in [-0.1, -0.05) is 30.3 Å². The third-order valence-corrected chi connectivity index (χ3v) is 5.78. The predicted octanol–water partition coefficient (Wildman–Crippen LogP) is 3.71. The van der Waals surface area contributed by atoms with E-state index in [1.54, 1.807) is 11.1 Å². The van der Waals surface area contributed by atoms with Gasteiger partial charge in [0.2, 0.25) is 5.43 Å². The van der Waals surface area contributed by atoms with E-state index >= 15 is 0 Å². The van der Waals surface area contributed by atoms with Crippen molar-refractivity contribution in [3.63, 3.8) is 0 Å². The molecule has 130 valence electrons. The minimum atomic E-state index is -0.192. The zero-order valence-electron chi connectivity index (χ0n) is 14.9. The monoisotopic (exact) mass is 344 g/mol. The fraction of sp³-hybridized carbons (Fsp3) is 0.273. The zero-order valence-corrected chi connectivity index (χ0v) is 14.9. The van der Waals surface area contributed by atoms with Crippen molar-refractivity contribution in [1.29, 1.82) is 0 Å². The van der Waals surface area contributed by atoms with Gasteiger partial charge < -0.3 is 9.47 Å². The summed E-state index contributed by atoms with van der Waals surface area (Å²) in [5.74, 6) is -0.192. The summed E-state index contributed by atoms with van der Waals surface area (Å²) in [4.78, 5) is 28.3. The third-order valence-electron chi connectivity index (χ3n) is 5.78. The number of amides is 1. The van der Waals surface area contributed by atoms with E-state index < -0.39 is 0 Å². The van der Waals surface area contributed by atoms with Gasteiger partial charge in [0, 0.05) is 29.4 Å². The fourth-order valence-electron chi connectivity index (χ4n) is 4.57. The molecule has 2 aliphatic rings. The molecule has 0 bridgehead atoms. The molecule has 3 heterocycles. The Balaban J connectivity index is 1.71. The van der Waals surface area contributed by atoms with Crippen LogP contribution in [0.3, 0.4) is 0 Å². The van der Waals surface area contributed by atoms with Crippen LogP contribution in [0.4, 0.5) is 5.69 Å². The first kappa shape index (κ1) is 15.4. The lowest BCUT2D eigenvalue weighted by atomic mass is 10.1. The van der Waals surface area contributed by atoms with Gasteiger partial charge in [0.25, 0.3) is 5.91 Å². The molecule has 2 aliphatic heterocycles. The summed E-state index contributed by atoms with van der Waals surface area (Å²) in [6.07, 6.45) is 3.50. The first-order valence-electron chi connectivity index (χ1n) is 9.14. The van der Waals surface area contributed by atoms with Crippen molar-refractivity contribution in [3.8, 4) is 0 Å². The number of carbonyl (C=O) groups excluding carboxylic acids is 1. The Hall–Kier alpha value is -2.88. The van der Waals surface area contributed by atoms with Gasteiger partial charge in [0.15, 0.2) is 0 Å². The number of hydrogen-bond donors (Lipinski definition) is 0. The molecule has 26 heavy (non-hydrogen) atoms. The van der Waals surface area contributed by atoms with E-state index in [0.29, 0.717) is 5.39 Å². The van der Waals surface area contributed by atoms with Crippen molar-refractivity contribution >= 4 is 22.5 Å². The highest BCUT2D eigenvalue weighted by Crippen LogP contribution is 2.34. The number of hydrogen-bond acceptors (Lipinski definition) is 2. The highest BCUT2D eigenvalue weighted by Gasteiger charge is 2.33. The Morgan fingerprint density at radius 1 is 0.962 bits per heavy atom. The maximum atomic E-state index is 13.4. The van der Waals surface area contributed by atoms with Gasteiger partial charge in [0.05, 0.1) is 5.52 Å². The molecule has 0 N–H and O–H groups in total. The standard InChI is InChI=1S/C22H20N2O2/c1-13-10-16-7-5-8-17-20(16)23(13)12-18(21(17)25)22(26)24-14(2)11-15-6-3-4-9-19(15)24/h3-9,12-14H,10-11H2,1-2H3/t13-,14+/m0/s1. The van der Waals surface area contributed by atoms with Crippen molar-refractivity contribution in [2.75, 3.05) is 4.90 Å². The molecule has 4 nitrogen and oxygen atoms in total. The van der Waals surface area contributed by atoms with Crippen LogP contribution in [0, 0.1) is 0 Å². The Kier molecular flexibility index (Phi) is 3.14. The smallest absolute Gasteiger partial charge is 0.264 e. The number of benzene rings is 2. The molecule has 0 radical (unpaired) electrons. The van der Waals surface area contributed by atoms with Gasteiger partial charge in [-0.15, -0.1) is 0 Å². The normalized spacial score (nSPS) is 20.6. The second-order valence-corrected chi connectivity index (χ2v) is 7.50. The number of anilines is 1.